The SMILES string of the molecule is O=C(NCCCCCCN1C(=O)c2ccc3c4c(ccc(c24)C1=O)CC3)c1ccccc1Br. The Hall–Kier alpha value is -2.99. The summed E-state index contributed by atoms with van der Waals surface area (Å²) in [5.41, 5.74) is 4.42. The highest BCUT2D eigenvalue weighted by Crippen LogP contribution is 2.38. The van der Waals surface area contributed by atoms with E-state index in [0.29, 0.717) is 29.8 Å². The van der Waals surface area contributed by atoms with Gasteiger partial charge in [-0.1, -0.05) is 37.1 Å². The van der Waals surface area contributed by atoms with E-state index in [9.17, 15) is 14.4 Å². The van der Waals surface area contributed by atoms with Crippen LogP contribution in [0.1, 0.15) is 67.9 Å². The summed E-state index contributed by atoms with van der Waals surface area (Å²) in [6.07, 6.45) is 5.37. The van der Waals surface area contributed by atoms with E-state index in [1.165, 1.54) is 16.0 Å². The molecule has 5 rings (SSSR count). The van der Waals surface area contributed by atoms with Crippen molar-refractivity contribution in [3.63, 3.8) is 0 Å². The van der Waals surface area contributed by atoms with E-state index in [1.54, 1.807) is 6.07 Å². The van der Waals surface area contributed by atoms with Gasteiger partial charge in [0.2, 0.25) is 0 Å². The van der Waals surface area contributed by atoms with Crippen LogP contribution in [0.3, 0.4) is 0 Å². The van der Waals surface area contributed by atoms with Crippen molar-refractivity contribution in [2.24, 2.45) is 0 Å². The van der Waals surface area contributed by atoms with Gasteiger partial charge < -0.3 is 5.32 Å². The first-order chi connectivity index (χ1) is 16.1. The first-order valence-electron chi connectivity index (χ1n) is 11.5. The number of nitrogens with zero attached hydrogens (tertiary/aromatic N) is 1. The standard InChI is InChI=1S/C27H25BrN2O3/c28-22-8-4-3-7-19(22)25(31)29-15-5-1-2-6-16-30-26(32)20-13-11-17-9-10-18-12-14-21(27(30)33)24(20)23(17)18/h3-4,7-8,11-14H,1-2,5-6,9-10,15-16H2,(H,29,31). The summed E-state index contributed by atoms with van der Waals surface area (Å²) in [6, 6.07) is 15.2. The Kier molecular flexibility index (Phi) is 6.02. The molecule has 0 atom stereocenters. The smallest absolute Gasteiger partial charge is 0.261 e. The van der Waals surface area contributed by atoms with Crippen LogP contribution < -0.4 is 5.32 Å². The van der Waals surface area contributed by atoms with Crippen LogP contribution in [-0.4, -0.2) is 35.7 Å². The minimum absolute atomic E-state index is 0.0879. The first kappa shape index (κ1) is 21.8. The monoisotopic (exact) mass is 504 g/mol. The molecule has 0 unspecified atom stereocenters. The zero-order valence-electron chi connectivity index (χ0n) is 18.3. The van der Waals surface area contributed by atoms with E-state index in [0.717, 1.165) is 53.8 Å². The molecule has 6 heteroatoms. The minimum atomic E-state index is -0.177. The number of halogens is 1. The predicted molar refractivity (Wildman–Crippen MR) is 132 cm³/mol. The number of carbonyl (C=O) groups excluding carboxylic acids is 3. The molecule has 1 aliphatic heterocycles. The van der Waals surface area contributed by atoms with Crippen molar-refractivity contribution < 1.29 is 14.4 Å². The quantitative estimate of drug-likeness (QED) is 0.334. The summed E-state index contributed by atoms with van der Waals surface area (Å²) in [5.74, 6) is -0.442. The number of imide groups is 1. The number of rotatable bonds is 8. The second-order valence-electron chi connectivity index (χ2n) is 8.71. The number of nitrogens with one attached hydrogen (secondary N) is 1. The topological polar surface area (TPSA) is 66.5 Å². The second kappa shape index (κ2) is 9.10. The Bertz CT molecular complexity index is 1230. The number of hydrogen-bond acceptors (Lipinski definition) is 3. The predicted octanol–water partition coefficient (Wildman–Crippen LogP) is 5.29. The van der Waals surface area contributed by atoms with Gasteiger partial charge in [-0.05, 0) is 82.4 Å². The largest absolute Gasteiger partial charge is 0.352 e. The summed E-state index contributed by atoms with van der Waals surface area (Å²) in [7, 11) is 0. The lowest BCUT2D eigenvalue weighted by Crippen LogP contribution is -2.41. The fourth-order valence-corrected chi connectivity index (χ4v) is 5.43. The fraction of sp³-hybridized carbons (Fsp3) is 0.296. The molecule has 5 nitrogen and oxygen atoms in total. The first-order valence-corrected chi connectivity index (χ1v) is 12.3. The highest BCUT2D eigenvalue weighted by atomic mass is 79.9. The molecule has 0 saturated heterocycles. The molecule has 1 N–H and O–H groups in total. The van der Waals surface area contributed by atoms with E-state index >= 15 is 0 Å². The lowest BCUT2D eigenvalue weighted by atomic mass is 9.91. The Morgan fingerprint density at radius 2 is 1.45 bits per heavy atom. The van der Waals surface area contributed by atoms with Crippen molar-refractivity contribution in [2.75, 3.05) is 13.1 Å². The normalized spacial score (nSPS) is 14.3. The Balaban J connectivity index is 1.13. The maximum Gasteiger partial charge on any atom is 0.261 e. The molecule has 168 valence electrons. The molecule has 3 amide bonds. The molecule has 1 heterocycles. The molecule has 3 aromatic rings. The number of amides is 3. The van der Waals surface area contributed by atoms with Gasteiger partial charge >= 0.3 is 0 Å². The van der Waals surface area contributed by atoms with Gasteiger partial charge in [-0.3, -0.25) is 19.3 Å². The molecule has 0 fully saturated rings. The zero-order valence-corrected chi connectivity index (χ0v) is 19.9. The summed E-state index contributed by atoms with van der Waals surface area (Å²) in [6.45, 7) is 1.02. The number of hydrogen-bond donors (Lipinski definition) is 1. The van der Waals surface area contributed by atoms with Crippen molar-refractivity contribution in [3.8, 4) is 0 Å². The molecule has 0 aromatic heterocycles. The Labute approximate surface area is 201 Å². The minimum Gasteiger partial charge on any atom is -0.352 e. The van der Waals surface area contributed by atoms with E-state index in [2.05, 4.69) is 21.2 Å². The Morgan fingerprint density at radius 1 is 0.818 bits per heavy atom. The maximum absolute atomic E-state index is 13.1. The van der Waals surface area contributed by atoms with E-state index in [4.69, 9.17) is 0 Å². The average Bonchev–Trinajstić information content (AvgIpc) is 3.25. The van der Waals surface area contributed by atoms with Crippen molar-refractivity contribution in [1.82, 2.24) is 10.2 Å². The van der Waals surface area contributed by atoms with E-state index < -0.39 is 0 Å². The highest BCUT2D eigenvalue weighted by molar-refractivity contribution is 9.10. The molecule has 2 aliphatic rings. The summed E-state index contributed by atoms with van der Waals surface area (Å²) in [5, 5.41) is 4.92. The molecule has 0 radical (unpaired) electrons. The van der Waals surface area contributed by atoms with E-state index in [1.807, 2.05) is 42.5 Å². The van der Waals surface area contributed by atoms with E-state index in [-0.39, 0.29) is 17.7 Å². The molecular weight excluding hydrogens is 480 g/mol. The number of benzene rings is 3. The molecule has 1 aliphatic carbocycles. The molecule has 0 bridgehead atoms. The average molecular weight is 505 g/mol. The summed E-state index contributed by atoms with van der Waals surface area (Å²) < 4.78 is 0.782. The molecule has 3 aromatic carbocycles. The molecular formula is C27H25BrN2O3. The van der Waals surface area contributed by atoms with Gasteiger partial charge in [-0.2, -0.15) is 0 Å². The van der Waals surface area contributed by atoms with Gasteiger partial charge in [0.05, 0.1) is 5.56 Å². The van der Waals surface area contributed by atoms with Crippen LogP contribution in [0, 0.1) is 0 Å². The van der Waals surface area contributed by atoms with Gasteiger partial charge in [0.1, 0.15) is 0 Å². The third-order valence-corrected chi connectivity index (χ3v) is 7.35. The third-order valence-electron chi connectivity index (χ3n) is 6.66. The third kappa shape index (κ3) is 3.97. The van der Waals surface area contributed by atoms with Crippen molar-refractivity contribution >= 4 is 44.4 Å². The van der Waals surface area contributed by atoms with Gasteiger partial charge in [0, 0.05) is 34.1 Å². The number of aryl methyl sites for hydroxylation is 2. The van der Waals surface area contributed by atoms with Gasteiger partial charge in [0.25, 0.3) is 17.7 Å². The number of unbranched alkanes of at least 4 members (excludes halogenated alkanes) is 3. The van der Waals surface area contributed by atoms with Crippen LogP contribution in [0.2, 0.25) is 0 Å². The van der Waals surface area contributed by atoms with Crippen LogP contribution in [0.15, 0.2) is 53.0 Å². The summed E-state index contributed by atoms with van der Waals surface area (Å²) in [4.78, 5) is 39.9. The molecule has 0 spiro atoms. The van der Waals surface area contributed by atoms with Gasteiger partial charge in [-0.25, -0.2) is 0 Å². The molecule has 0 saturated carbocycles. The lowest BCUT2D eigenvalue weighted by molar-refractivity contribution is 0.0607. The van der Waals surface area contributed by atoms with Crippen molar-refractivity contribution in [1.29, 1.82) is 0 Å². The van der Waals surface area contributed by atoms with Gasteiger partial charge in [0.15, 0.2) is 0 Å². The lowest BCUT2D eigenvalue weighted by Gasteiger charge is -2.27. The second-order valence-corrected chi connectivity index (χ2v) is 9.56. The highest BCUT2D eigenvalue weighted by Gasteiger charge is 2.34. The van der Waals surface area contributed by atoms with Crippen LogP contribution in [0.5, 0.6) is 0 Å². The Morgan fingerprint density at radius 3 is 2.12 bits per heavy atom. The molecule has 33 heavy (non-hydrogen) atoms. The number of carbonyl (C=O) groups is 3. The van der Waals surface area contributed by atoms with Crippen LogP contribution in [0.25, 0.3) is 10.8 Å². The maximum atomic E-state index is 13.1. The van der Waals surface area contributed by atoms with Crippen molar-refractivity contribution in [3.05, 3.63) is 80.8 Å². The van der Waals surface area contributed by atoms with Crippen LogP contribution in [-0.2, 0) is 12.8 Å². The van der Waals surface area contributed by atoms with Crippen molar-refractivity contribution in [2.45, 2.75) is 38.5 Å². The van der Waals surface area contributed by atoms with Crippen LogP contribution >= 0.6 is 15.9 Å². The zero-order chi connectivity index (χ0) is 22.9. The van der Waals surface area contributed by atoms with Crippen LogP contribution in [0.4, 0.5) is 0 Å². The summed E-state index contributed by atoms with van der Waals surface area (Å²) >= 11 is 3.40. The van der Waals surface area contributed by atoms with Gasteiger partial charge in [-0.15, -0.1) is 0 Å². The fourth-order valence-electron chi connectivity index (χ4n) is 4.96.